The molecule has 3 saturated carbocycles. The second-order valence-corrected chi connectivity index (χ2v) is 11.6. The third-order valence-corrected chi connectivity index (χ3v) is 7.99. The van der Waals surface area contributed by atoms with Gasteiger partial charge in [-0.3, -0.25) is 0 Å². The first-order valence-electron chi connectivity index (χ1n) is 10.8. The number of allylic oxidation sites excluding steroid dienone is 1. The molecule has 0 heterocycles. The van der Waals surface area contributed by atoms with E-state index >= 15 is 0 Å². The molecule has 3 aliphatic rings. The first-order valence-corrected chi connectivity index (χ1v) is 10.8. The van der Waals surface area contributed by atoms with Crippen LogP contribution in [0.25, 0.3) is 0 Å². The Bertz CT molecular complexity index is 459. The van der Waals surface area contributed by atoms with E-state index in [2.05, 4.69) is 41.2 Å². The second kappa shape index (κ2) is 6.48. The Balaban J connectivity index is 1.72. The summed E-state index contributed by atoms with van der Waals surface area (Å²) in [5.74, 6) is 2.88. The zero-order valence-electron chi connectivity index (χ0n) is 17.2. The van der Waals surface area contributed by atoms with Crippen LogP contribution < -0.4 is 0 Å². The first-order chi connectivity index (χ1) is 11.1. The maximum absolute atomic E-state index is 4.63. The molecule has 0 radical (unpaired) electrons. The van der Waals surface area contributed by atoms with Gasteiger partial charge in [-0.05, 0) is 85.4 Å². The van der Waals surface area contributed by atoms with Gasteiger partial charge in [-0.15, -0.1) is 0 Å². The smallest absolute Gasteiger partial charge is 0.0204 e. The molecule has 4 atom stereocenters. The van der Waals surface area contributed by atoms with Crippen molar-refractivity contribution >= 4 is 0 Å². The number of hydrogen-bond donors (Lipinski definition) is 0. The molecule has 0 N–H and O–H groups in total. The van der Waals surface area contributed by atoms with Crippen molar-refractivity contribution < 1.29 is 0 Å². The predicted molar refractivity (Wildman–Crippen MR) is 106 cm³/mol. The van der Waals surface area contributed by atoms with Gasteiger partial charge < -0.3 is 0 Å². The molecule has 24 heavy (non-hydrogen) atoms. The average Bonchev–Trinajstić information content (AvgIpc) is 3.12. The third-order valence-electron chi connectivity index (χ3n) is 7.99. The van der Waals surface area contributed by atoms with Crippen LogP contribution in [0.15, 0.2) is 12.2 Å². The molecule has 0 aromatic heterocycles. The van der Waals surface area contributed by atoms with E-state index in [0.29, 0.717) is 16.2 Å². The molecule has 138 valence electrons. The maximum Gasteiger partial charge on any atom is -0.0204 e. The molecule has 2 bridgehead atoms. The van der Waals surface area contributed by atoms with Gasteiger partial charge in [-0.25, -0.2) is 0 Å². The van der Waals surface area contributed by atoms with E-state index in [1.807, 2.05) is 0 Å². The molecule has 0 aromatic carbocycles. The lowest BCUT2D eigenvalue weighted by Gasteiger charge is -2.46. The van der Waals surface area contributed by atoms with Gasteiger partial charge in [0.15, 0.2) is 0 Å². The molecule has 0 nitrogen and oxygen atoms in total. The highest BCUT2D eigenvalue weighted by atomic mass is 14.6. The summed E-state index contributed by atoms with van der Waals surface area (Å²) in [6.07, 6.45) is 15.8. The molecule has 3 aliphatic carbocycles. The van der Waals surface area contributed by atoms with E-state index in [4.69, 9.17) is 0 Å². The summed E-state index contributed by atoms with van der Waals surface area (Å²) in [5.41, 5.74) is 3.20. The van der Waals surface area contributed by atoms with Crippen LogP contribution in [0.3, 0.4) is 0 Å². The molecule has 0 spiro atoms. The van der Waals surface area contributed by atoms with Crippen molar-refractivity contribution in [3.8, 4) is 0 Å². The molecule has 3 rings (SSSR count). The molecule has 0 aliphatic heterocycles. The van der Waals surface area contributed by atoms with E-state index < -0.39 is 0 Å². The fourth-order valence-corrected chi connectivity index (χ4v) is 7.14. The third kappa shape index (κ3) is 3.78. The molecular weight excluding hydrogens is 288 g/mol. The van der Waals surface area contributed by atoms with Crippen molar-refractivity contribution in [3.05, 3.63) is 12.2 Å². The minimum Gasteiger partial charge on any atom is -0.0998 e. The summed E-state index contributed by atoms with van der Waals surface area (Å²) in [5, 5.41) is 0. The van der Waals surface area contributed by atoms with Gasteiger partial charge in [-0.1, -0.05) is 66.0 Å². The summed E-state index contributed by atoms with van der Waals surface area (Å²) in [4.78, 5) is 0. The van der Waals surface area contributed by atoms with Crippen molar-refractivity contribution in [2.45, 2.75) is 105 Å². The van der Waals surface area contributed by atoms with Gasteiger partial charge in [0, 0.05) is 0 Å². The number of fused-ring (bicyclic) bond motifs is 2. The Morgan fingerprint density at radius 3 is 2.29 bits per heavy atom. The van der Waals surface area contributed by atoms with Gasteiger partial charge in [0.05, 0.1) is 0 Å². The maximum atomic E-state index is 4.63. The zero-order valence-corrected chi connectivity index (χ0v) is 17.2. The van der Waals surface area contributed by atoms with Crippen molar-refractivity contribution in [1.29, 1.82) is 0 Å². The van der Waals surface area contributed by atoms with Crippen molar-refractivity contribution in [2.75, 3.05) is 0 Å². The summed E-state index contributed by atoms with van der Waals surface area (Å²) >= 11 is 0. The van der Waals surface area contributed by atoms with Gasteiger partial charge in [-0.2, -0.15) is 0 Å². The monoisotopic (exact) mass is 330 g/mol. The van der Waals surface area contributed by atoms with Crippen molar-refractivity contribution in [3.63, 3.8) is 0 Å². The Morgan fingerprint density at radius 2 is 1.79 bits per heavy atom. The van der Waals surface area contributed by atoms with Gasteiger partial charge in [0.2, 0.25) is 0 Å². The zero-order chi connectivity index (χ0) is 17.6. The number of rotatable bonds is 6. The summed E-state index contributed by atoms with van der Waals surface area (Å²) < 4.78 is 0. The lowest BCUT2D eigenvalue weighted by Crippen LogP contribution is -2.37. The van der Waals surface area contributed by atoms with Crippen LogP contribution in [0.5, 0.6) is 0 Å². The van der Waals surface area contributed by atoms with Crippen molar-refractivity contribution in [1.82, 2.24) is 0 Å². The molecular formula is C24H42. The predicted octanol–water partition coefficient (Wildman–Crippen LogP) is 7.78. The molecule has 0 amide bonds. The quantitative estimate of drug-likeness (QED) is 0.436. The number of hydrogen-bond acceptors (Lipinski definition) is 0. The van der Waals surface area contributed by atoms with E-state index in [0.717, 1.165) is 17.8 Å². The standard InChI is InChI=1S/C24H42/c1-18(14-23(6)11-7-8-12-23)15-24(19(2)16-22(3,4)5)17-20-9-10-21(24)13-20/h19-21H,1,7-17H2,2-6H3. The topological polar surface area (TPSA) is 0 Å². The van der Waals surface area contributed by atoms with Crippen LogP contribution >= 0.6 is 0 Å². The highest BCUT2D eigenvalue weighted by molar-refractivity contribution is 5.12. The Hall–Kier alpha value is -0.260. The van der Waals surface area contributed by atoms with Crippen LogP contribution in [0.2, 0.25) is 0 Å². The summed E-state index contributed by atoms with van der Waals surface area (Å²) in [7, 11) is 0. The fourth-order valence-electron chi connectivity index (χ4n) is 7.14. The summed E-state index contributed by atoms with van der Waals surface area (Å²) in [6, 6.07) is 0. The van der Waals surface area contributed by atoms with Gasteiger partial charge >= 0.3 is 0 Å². The van der Waals surface area contributed by atoms with Crippen LogP contribution in [-0.2, 0) is 0 Å². The van der Waals surface area contributed by atoms with E-state index in [-0.39, 0.29) is 0 Å². The highest BCUT2D eigenvalue weighted by Crippen LogP contribution is 2.63. The van der Waals surface area contributed by atoms with Crippen LogP contribution in [0.4, 0.5) is 0 Å². The van der Waals surface area contributed by atoms with Crippen molar-refractivity contribution in [2.24, 2.45) is 34.0 Å². The molecule has 3 fully saturated rings. The SMILES string of the molecule is C=C(CC1(C)CCCC1)CC1(C(C)CC(C)(C)C)CC2CCC1C2. The minimum absolute atomic E-state index is 0.451. The second-order valence-electron chi connectivity index (χ2n) is 11.6. The molecule has 0 saturated heterocycles. The Labute approximate surface area is 151 Å². The van der Waals surface area contributed by atoms with Gasteiger partial charge in [0.1, 0.15) is 0 Å². The van der Waals surface area contributed by atoms with E-state index in [9.17, 15) is 0 Å². The normalized spacial score (nSPS) is 36.2. The minimum atomic E-state index is 0.451. The van der Waals surface area contributed by atoms with Crippen LogP contribution in [0, 0.1) is 34.0 Å². The Morgan fingerprint density at radius 1 is 1.12 bits per heavy atom. The lowest BCUT2D eigenvalue weighted by molar-refractivity contribution is 0.0544. The highest BCUT2D eigenvalue weighted by Gasteiger charge is 2.53. The van der Waals surface area contributed by atoms with Crippen LogP contribution in [-0.4, -0.2) is 0 Å². The molecule has 0 heteroatoms. The van der Waals surface area contributed by atoms with Crippen LogP contribution in [0.1, 0.15) is 105 Å². The lowest BCUT2D eigenvalue weighted by atomic mass is 9.59. The molecule has 0 aromatic rings. The largest absolute Gasteiger partial charge is 0.0998 e. The summed E-state index contributed by atoms with van der Waals surface area (Å²) in [6.45, 7) is 17.0. The molecule has 4 unspecified atom stereocenters. The van der Waals surface area contributed by atoms with E-state index in [1.54, 1.807) is 5.57 Å². The van der Waals surface area contributed by atoms with Gasteiger partial charge in [0.25, 0.3) is 0 Å². The fraction of sp³-hybridized carbons (Fsp3) is 0.917. The average molecular weight is 331 g/mol. The first kappa shape index (κ1) is 18.5. The van der Waals surface area contributed by atoms with E-state index in [1.165, 1.54) is 70.6 Å². The Kier molecular flexibility index (Phi) is 5.00.